The number of hydrogen-bond acceptors (Lipinski definition) is 6. The Kier molecular flexibility index (Phi) is 13.0. The first-order valence-electron chi connectivity index (χ1n) is 10.7. The molecule has 0 aromatic heterocycles. The molecule has 7 heteroatoms. The van der Waals surface area contributed by atoms with Crippen molar-refractivity contribution in [2.24, 2.45) is 5.92 Å². The summed E-state index contributed by atoms with van der Waals surface area (Å²) in [6.07, 6.45) is 9.22. The monoisotopic (exact) mass is 428 g/mol. The van der Waals surface area contributed by atoms with Crippen molar-refractivity contribution in [3.05, 3.63) is 22.8 Å². The Balaban J connectivity index is 2.71. The number of aliphatic hydroxyl groups excluding tert-OH is 2. The van der Waals surface area contributed by atoms with Crippen molar-refractivity contribution in [1.82, 2.24) is 0 Å². The van der Waals surface area contributed by atoms with Gasteiger partial charge in [-0.05, 0) is 25.0 Å². The van der Waals surface area contributed by atoms with Gasteiger partial charge in [0, 0.05) is 30.1 Å². The van der Waals surface area contributed by atoms with E-state index in [1.165, 1.54) is 0 Å². The number of carbonyl (C=O) groups excluding carboxylic acids is 1. The van der Waals surface area contributed by atoms with Crippen molar-refractivity contribution in [3.8, 4) is 0 Å². The van der Waals surface area contributed by atoms with Gasteiger partial charge in [0.1, 0.15) is 5.76 Å². The second-order valence-electron chi connectivity index (χ2n) is 7.41. The Hall–Kier alpha value is -1.31. The molecule has 0 radical (unpaired) electrons. The zero-order valence-electron chi connectivity index (χ0n) is 17.6. The summed E-state index contributed by atoms with van der Waals surface area (Å²) in [7, 11) is 0. The highest BCUT2D eigenvalue weighted by Gasteiger charge is 2.34. The molecule has 1 aliphatic carbocycles. The van der Waals surface area contributed by atoms with Gasteiger partial charge in [-0.3, -0.25) is 9.59 Å². The average Bonchev–Trinajstić information content (AvgIpc) is 2.96. The molecular formula is C22H36O6S. The van der Waals surface area contributed by atoms with Crippen LogP contribution in [0.25, 0.3) is 0 Å². The minimum absolute atomic E-state index is 0.173. The van der Waals surface area contributed by atoms with Crippen LogP contribution in [0.15, 0.2) is 22.8 Å². The quantitative estimate of drug-likeness (QED) is 0.202. The Morgan fingerprint density at radius 2 is 1.97 bits per heavy atom. The van der Waals surface area contributed by atoms with E-state index in [9.17, 15) is 19.8 Å². The second-order valence-corrected chi connectivity index (χ2v) is 8.55. The van der Waals surface area contributed by atoms with Crippen molar-refractivity contribution >= 4 is 23.7 Å². The summed E-state index contributed by atoms with van der Waals surface area (Å²) < 4.78 is 5.46. The molecule has 0 spiro atoms. The number of carboxylic acid groups (broad SMARTS) is 1. The number of carbonyl (C=O) groups is 2. The van der Waals surface area contributed by atoms with E-state index in [0.717, 1.165) is 42.8 Å². The Labute approximate surface area is 178 Å². The van der Waals surface area contributed by atoms with Gasteiger partial charge in [-0.25, -0.2) is 0 Å². The van der Waals surface area contributed by atoms with Crippen LogP contribution in [-0.2, 0) is 14.3 Å². The van der Waals surface area contributed by atoms with Crippen LogP contribution in [0.4, 0.5) is 0 Å². The number of unbranched alkanes of at least 4 members (excludes halogenated alkanes) is 4. The maximum atomic E-state index is 11.8. The van der Waals surface area contributed by atoms with Crippen LogP contribution in [-0.4, -0.2) is 45.2 Å². The molecule has 0 amide bonds. The molecule has 0 unspecified atom stereocenters. The normalized spacial score (nSPS) is 20.4. The van der Waals surface area contributed by atoms with Crippen molar-refractivity contribution < 1.29 is 29.6 Å². The van der Waals surface area contributed by atoms with Gasteiger partial charge in [0.25, 0.3) is 0 Å². The van der Waals surface area contributed by atoms with Gasteiger partial charge in [-0.2, -0.15) is 0 Å². The third-order valence-corrected chi connectivity index (χ3v) is 6.15. The summed E-state index contributed by atoms with van der Waals surface area (Å²) in [6, 6.07) is 0. The second kappa shape index (κ2) is 14.6. The van der Waals surface area contributed by atoms with Crippen LogP contribution < -0.4 is 0 Å². The van der Waals surface area contributed by atoms with Crippen molar-refractivity contribution in [2.75, 3.05) is 5.75 Å². The lowest BCUT2D eigenvalue weighted by Crippen LogP contribution is -2.14. The zero-order chi connectivity index (χ0) is 21.6. The predicted molar refractivity (Wildman–Crippen MR) is 115 cm³/mol. The largest absolute Gasteiger partial charge is 0.481 e. The summed E-state index contributed by atoms with van der Waals surface area (Å²) in [5.41, 5.74) is 0. The highest BCUT2D eigenvalue weighted by Crippen LogP contribution is 2.41. The molecule has 0 bridgehead atoms. The lowest BCUT2D eigenvalue weighted by atomic mass is 10.0. The fourth-order valence-corrected chi connectivity index (χ4v) is 4.44. The van der Waals surface area contributed by atoms with Crippen LogP contribution in [0.5, 0.6) is 0 Å². The molecule has 6 nitrogen and oxygen atoms in total. The maximum absolute atomic E-state index is 11.8. The average molecular weight is 429 g/mol. The summed E-state index contributed by atoms with van der Waals surface area (Å²) in [6.45, 7) is 3.85. The van der Waals surface area contributed by atoms with E-state index in [2.05, 4.69) is 6.92 Å². The van der Waals surface area contributed by atoms with Gasteiger partial charge < -0.3 is 20.1 Å². The van der Waals surface area contributed by atoms with E-state index in [-0.39, 0.29) is 31.1 Å². The van der Waals surface area contributed by atoms with Gasteiger partial charge in [-0.1, -0.05) is 51.7 Å². The molecule has 166 valence electrons. The molecular weight excluding hydrogens is 392 g/mol. The van der Waals surface area contributed by atoms with Crippen LogP contribution in [0.1, 0.15) is 78.1 Å². The number of esters is 1. The molecule has 1 rings (SSSR count). The first-order valence-corrected chi connectivity index (χ1v) is 11.7. The molecule has 1 aliphatic rings. The third-order valence-electron chi connectivity index (χ3n) is 4.85. The minimum Gasteiger partial charge on any atom is -0.481 e. The number of aliphatic carboxylic acids is 1. The SMILES string of the molecule is CCCCC[C@H](O)C=C[C@@H]1C(SCCCCCC(=O)O)=C(OC(=O)CC)C[C@H]1O. The molecule has 3 atom stereocenters. The van der Waals surface area contributed by atoms with Crippen LogP contribution >= 0.6 is 11.8 Å². The van der Waals surface area contributed by atoms with Crippen LogP contribution in [0.2, 0.25) is 0 Å². The summed E-state index contributed by atoms with van der Waals surface area (Å²) in [5.74, 6) is -0.112. The lowest BCUT2D eigenvalue weighted by Gasteiger charge is -2.15. The first kappa shape index (κ1) is 25.7. The van der Waals surface area contributed by atoms with Gasteiger partial charge in [0.2, 0.25) is 0 Å². The number of thioether (sulfide) groups is 1. The Morgan fingerprint density at radius 1 is 1.21 bits per heavy atom. The fraction of sp³-hybridized carbons (Fsp3) is 0.727. The van der Waals surface area contributed by atoms with Crippen LogP contribution in [0.3, 0.4) is 0 Å². The molecule has 0 aliphatic heterocycles. The van der Waals surface area contributed by atoms with Crippen molar-refractivity contribution in [1.29, 1.82) is 0 Å². The van der Waals surface area contributed by atoms with Gasteiger partial charge >= 0.3 is 11.9 Å². The highest BCUT2D eigenvalue weighted by molar-refractivity contribution is 8.03. The summed E-state index contributed by atoms with van der Waals surface area (Å²) in [4.78, 5) is 23.2. The van der Waals surface area contributed by atoms with Crippen LogP contribution in [0, 0.1) is 5.92 Å². The number of rotatable bonds is 15. The van der Waals surface area contributed by atoms with Gasteiger partial charge in [0.15, 0.2) is 0 Å². The molecule has 0 heterocycles. The van der Waals surface area contributed by atoms with Crippen molar-refractivity contribution in [2.45, 2.75) is 90.3 Å². The first-order chi connectivity index (χ1) is 13.9. The number of ether oxygens (including phenoxy) is 1. The van der Waals surface area contributed by atoms with Gasteiger partial charge in [-0.15, -0.1) is 11.8 Å². The molecule has 0 fully saturated rings. The maximum Gasteiger partial charge on any atom is 0.310 e. The minimum atomic E-state index is -0.782. The number of carboxylic acids is 1. The van der Waals surface area contributed by atoms with E-state index < -0.39 is 18.2 Å². The highest BCUT2D eigenvalue weighted by atomic mass is 32.2. The topological polar surface area (TPSA) is 104 Å². The van der Waals surface area contributed by atoms with E-state index in [0.29, 0.717) is 18.6 Å². The fourth-order valence-electron chi connectivity index (χ4n) is 3.16. The summed E-state index contributed by atoms with van der Waals surface area (Å²) in [5, 5.41) is 29.4. The Morgan fingerprint density at radius 3 is 2.62 bits per heavy atom. The zero-order valence-corrected chi connectivity index (χ0v) is 18.5. The summed E-state index contributed by atoms with van der Waals surface area (Å²) >= 11 is 1.55. The smallest absolute Gasteiger partial charge is 0.310 e. The number of aliphatic hydroxyl groups is 2. The Bertz CT molecular complexity index is 572. The molecule has 3 N–H and O–H groups in total. The molecule has 0 aromatic carbocycles. The van der Waals surface area contributed by atoms with E-state index in [4.69, 9.17) is 9.84 Å². The molecule has 0 aromatic rings. The predicted octanol–water partition coefficient (Wildman–Crippen LogP) is 4.41. The lowest BCUT2D eigenvalue weighted by molar-refractivity contribution is -0.139. The number of hydrogen-bond donors (Lipinski definition) is 3. The van der Waals surface area contributed by atoms with E-state index in [1.807, 2.05) is 6.08 Å². The molecule has 0 saturated heterocycles. The third kappa shape index (κ3) is 10.3. The standard InChI is InChI=1S/C22H36O6S/c1-3-5-7-10-16(23)12-13-17-18(24)15-19(28-21(27)4-2)22(17)29-14-9-6-8-11-20(25)26/h12-13,16-18,23-24H,3-11,14-15H2,1-2H3,(H,25,26)/t16-,17-,18+/m0/s1. The molecule has 0 saturated carbocycles. The van der Waals surface area contributed by atoms with E-state index >= 15 is 0 Å². The molecule has 29 heavy (non-hydrogen) atoms. The van der Waals surface area contributed by atoms with Gasteiger partial charge in [0.05, 0.1) is 12.2 Å². The van der Waals surface area contributed by atoms with Crippen molar-refractivity contribution in [3.63, 3.8) is 0 Å². The van der Waals surface area contributed by atoms with E-state index in [1.54, 1.807) is 24.8 Å².